The minimum Gasteiger partial charge on any atom is -0.310 e. The van der Waals surface area contributed by atoms with Crippen molar-refractivity contribution in [2.45, 2.75) is 38.9 Å². The fourth-order valence-corrected chi connectivity index (χ4v) is 2.65. The number of aromatic nitrogens is 2. The van der Waals surface area contributed by atoms with Crippen molar-refractivity contribution in [3.8, 4) is 0 Å². The minimum atomic E-state index is 0.657. The van der Waals surface area contributed by atoms with Crippen molar-refractivity contribution < 1.29 is 0 Å². The SMILES string of the molecule is Cc1nn(Cc2ccc(Cl)cc2Cl)cc1CNC1CC1. The fourth-order valence-electron chi connectivity index (χ4n) is 2.18. The van der Waals surface area contributed by atoms with Crippen LogP contribution in [0.1, 0.15) is 29.7 Å². The van der Waals surface area contributed by atoms with E-state index in [1.54, 1.807) is 6.07 Å². The zero-order valence-electron chi connectivity index (χ0n) is 11.4. The molecule has 3 nitrogen and oxygen atoms in total. The summed E-state index contributed by atoms with van der Waals surface area (Å²) in [5.41, 5.74) is 3.35. The van der Waals surface area contributed by atoms with Gasteiger partial charge in [-0.3, -0.25) is 4.68 Å². The Labute approximate surface area is 128 Å². The molecule has 1 aromatic heterocycles. The molecule has 0 aliphatic heterocycles. The van der Waals surface area contributed by atoms with Crippen LogP contribution in [0.4, 0.5) is 0 Å². The Kier molecular flexibility index (Phi) is 4.01. The molecule has 0 saturated heterocycles. The normalized spacial score (nSPS) is 14.8. The van der Waals surface area contributed by atoms with Crippen LogP contribution in [0.5, 0.6) is 0 Å². The highest BCUT2D eigenvalue weighted by molar-refractivity contribution is 6.35. The number of aryl methyl sites for hydroxylation is 1. The zero-order chi connectivity index (χ0) is 14.1. The first-order valence-corrected chi connectivity index (χ1v) is 7.57. The third-order valence-corrected chi connectivity index (χ3v) is 4.14. The summed E-state index contributed by atoms with van der Waals surface area (Å²) in [5.74, 6) is 0. The second-order valence-corrected chi connectivity index (χ2v) is 6.17. The van der Waals surface area contributed by atoms with E-state index in [1.807, 2.05) is 23.7 Å². The maximum absolute atomic E-state index is 6.20. The van der Waals surface area contributed by atoms with E-state index in [1.165, 1.54) is 18.4 Å². The molecule has 106 valence electrons. The van der Waals surface area contributed by atoms with Crippen molar-refractivity contribution in [3.63, 3.8) is 0 Å². The quantitative estimate of drug-likeness (QED) is 0.910. The number of nitrogens with one attached hydrogen (secondary N) is 1. The molecule has 1 aliphatic carbocycles. The average Bonchev–Trinajstić information content (AvgIpc) is 3.15. The van der Waals surface area contributed by atoms with Crippen molar-refractivity contribution in [2.75, 3.05) is 0 Å². The lowest BCUT2D eigenvalue weighted by atomic mass is 10.2. The Morgan fingerprint density at radius 3 is 2.80 bits per heavy atom. The molecule has 2 aromatic rings. The fraction of sp³-hybridized carbons (Fsp3) is 0.400. The van der Waals surface area contributed by atoms with E-state index in [9.17, 15) is 0 Å². The van der Waals surface area contributed by atoms with Crippen molar-refractivity contribution in [1.82, 2.24) is 15.1 Å². The molecule has 1 saturated carbocycles. The molecule has 0 spiro atoms. The van der Waals surface area contributed by atoms with Gasteiger partial charge >= 0.3 is 0 Å². The van der Waals surface area contributed by atoms with Gasteiger partial charge in [-0.25, -0.2) is 0 Å². The molecule has 1 aromatic carbocycles. The number of hydrogen-bond donors (Lipinski definition) is 1. The van der Waals surface area contributed by atoms with Crippen LogP contribution in [-0.2, 0) is 13.1 Å². The predicted molar refractivity (Wildman–Crippen MR) is 82.4 cm³/mol. The molecule has 0 amide bonds. The monoisotopic (exact) mass is 309 g/mol. The van der Waals surface area contributed by atoms with Gasteiger partial charge in [0.05, 0.1) is 12.2 Å². The van der Waals surface area contributed by atoms with Crippen LogP contribution in [0.3, 0.4) is 0 Å². The lowest BCUT2D eigenvalue weighted by Gasteiger charge is -2.05. The zero-order valence-corrected chi connectivity index (χ0v) is 12.9. The Morgan fingerprint density at radius 1 is 1.30 bits per heavy atom. The molecule has 0 radical (unpaired) electrons. The predicted octanol–water partition coefficient (Wildman–Crippen LogP) is 3.80. The van der Waals surface area contributed by atoms with Crippen molar-refractivity contribution in [1.29, 1.82) is 0 Å². The van der Waals surface area contributed by atoms with Crippen LogP contribution in [-0.4, -0.2) is 15.8 Å². The summed E-state index contributed by atoms with van der Waals surface area (Å²) in [4.78, 5) is 0. The van der Waals surface area contributed by atoms with Gasteiger partial charge in [0.1, 0.15) is 0 Å². The maximum Gasteiger partial charge on any atom is 0.0674 e. The topological polar surface area (TPSA) is 29.9 Å². The molecule has 1 aliphatic rings. The molecule has 1 heterocycles. The van der Waals surface area contributed by atoms with Gasteiger partial charge in [-0.1, -0.05) is 29.3 Å². The van der Waals surface area contributed by atoms with Crippen LogP contribution in [0.15, 0.2) is 24.4 Å². The molecule has 5 heteroatoms. The second kappa shape index (κ2) is 5.76. The van der Waals surface area contributed by atoms with Crippen LogP contribution in [0, 0.1) is 6.92 Å². The third kappa shape index (κ3) is 3.35. The van der Waals surface area contributed by atoms with E-state index in [4.69, 9.17) is 23.2 Å². The van der Waals surface area contributed by atoms with Crippen molar-refractivity contribution >= 4 is 23.2 Å². The summed E-state index contributed by atoms with van der Waals surface area (Å²) >= 11 is 12.1. The van der Waals surface area contributed by atoms with Crippen LogP contribution >= 0.6 is 23.2 Å². The molecular weight excluding hydrogens is 293 g/mol. The molecule has 1 N–H and O–H groups in total. The van der Waals surface area contributed by atoms with Gasteiger partial charge in [0.25, 0.3) is 0 Å². The third-order valence-electron chi connectivity index (χ3n) is 3.55. The maximum atomic E-state index is 6.20. The summed E-state index contributed by atoms with van der Waals surface area (Å²) in [6.45, 7) is 3.61. The summed E-state index contributed by atoms with van der Waals surface area (Å²) in [6, 6.07) is 6.28. The highest BCUT2D eigenvalue weighted by atomic mass is 35.5. The van der Waals surface area contributed by atoms with Crippen LogP contribution in [0.25, 0.3) is 0 Å². The highest BCUT2D eigenvalue weighted by Crippen LogP contribution is 2.22. The van der Waals surface area contributed by atoms with Crippen molar-refractivity contribution in [3.05, 3.63) is 51.3 Å². The standard InChI is InChI=1S/C15H17Cl2N3/c1-10-12(7-18-14-4-5-14)9-20(19-10)8-11-2-3-13(16)6-15(11)17/h2-3,6,9,14,18H,4-5,7-8H2,1H3. The summed E-state index contributed by atoms with van der Waals surface area (Å²) < 4.78 is 1.94. The molecule has 0 unspecified atom stereocenters. The summed E-state index contributed by atoms with van der Waals surface area (Å²) in [6.07, 6.45) is 4.69. The van der Waals surface area contributed by atoms with Gasteiger partial charge in [0.15, 0.2) is 0 Å². The first-order valence-electron chi connectivity index (χ1n) is 6.82. The van der Waals surface area contributed by atoms with Gasteiger partial charge in [-0.05, 0) is 37.5 Å². The van der Waals surface area contributed by atoms with E-state index >= 15 is 0 Å². The largest absolute Gasteiger partial charge is 0.310 e. The van der Waals surface area contributed by atoms with Crippen LogP contribution < -0.4 is 5.32 Å². The van der Waals surface area contributed by atoms with Gasteiger partial charge < -0.3 is 5.32 Å². The Hall–Kier alpha value is -1.03. The molecule has 0 atom stereocenters. The number of halogens is 2. The van der Waals surface area contributed by atoms with Gasteiger partial charge in [0, 0.05) is 34.4 Å². The van der Waals surface area contributed by atoms with E-state index in [0.717, 1.165) is 17.8 Å². The molecule has 3 rings (SSSR count). The van der Waals surface area contributed by atoms with E-state index in [-0.39, 0.29) is 0 Å². The highest BCUT2D eigenvalue weighted by Gasteiger charge is 2.20. The molecule has 0 bridgehead atoms. The average molecular weight is 310 g/mol. The molecule has 20 heavy (non-hydrogen) atoms. The minimum absolute atomic E-state index is 0.657. The first-order chi connectivity index (χ1) is 9.61. The number of rotatable bonds is 5. The van der Waals surface area contributed by atoms with E-state index < -0.39 is 0 Å². The van der Waals surface area contributed by atoms with Crippen LogP contribution in [0.2, 0.25) is 10.0 Å². The molecular formula is C15H17Cl2N3. The summed E-state index contributed by atoms with van der Waals surface area (Å²) in [7, 11) is 0. The lowest BCUT2D eigenvalue weighted by molar-refractivity contribution is 0.674. The van der Waals surface area contributed by atoms with Gasteiger partial charge in [-0.15, -0.1) is 0 Å². The second-order valence-electron chi connectivity index (χ2n) is 5.33. The van der Waals surface area contributed by atoms with E-state index in [0.29, 0.717) is 22.6 Å². The smallest absolute Gasteiger partial charge is 0.0674 e. The first kappa shape index (κ1) is 13.9. The van der Waals surface area contributed by atoms with Gasteiger partial charge in [0.2, 0.25) is 0 Å². The Bertz CT molecular complexity index is 618. The van der Waals surface area contributed by atoms with Crippen molar-refractivity contribution in [2.24, 2.45) is 0 Å². The molecule has 1 fully saturated rings. The summed E-state index contributed by atoms with van der Waals surface area (Å²) in [5, 5.41) is 9.41. The Morgan fingerprint density at radius 2 is 2.10 bits per heavy atom. The Balaban J connectivity index is 1.71. The van der Waals surface area contributed by atoms with Gasteiger partial charge in [-0.2, -0.15) is 5.10 Å². The lowest BCUT2D eigenvalue weighted by Crippen LogP contribution is -2.15. The number of benzene rings is 1. The number of hydrogen-bond acceptors (Lipinski definition) is 2. The number of nitrogens with zero attached hydrogens (tertiary/aromatic N) is 2. The van der Waals surface area contributed by atoms with E-state index in [2.05, 4.69) is 16.6 Å².